The quantitative estimate of drug-likeness (QED) is 0.329. The second kappa shape index (κ2) is 10.4. The number of methoxy groups -OCH3 is 2. The standard InChI is InChI=1S/C26H24O4Si/c1-29-25(27)20-24(26(28)30-2)31(22-14-8-4-9-15-22,23-16-10-5-11-17-23)19-18-21-12-6-3-7-13-21/h3-20H,1-2H3. The van der Waals surface area contributed by atoms with Crippen molar-refractivity contribution in [2.75, 3.05) is 14.2 Å². The number of benzene rings is 3. The lowest BCUT2D eigenvalue weighted by molar-refractivity contribution is -0.137. The van der Waals surface area contributed by atoms with Crippen LogP contribution in [0.5, 0.6) is 0 Å². The average molecular weight is 429 g/mol. The van der Waals surface area contributed by atoms with E-state index in [0.29, 0.717) is 5.20 Å². The zero-order valence-corrected chi connectivity index (χ0v) is 18.5. The molecule has 0 aromatic heterocycles. The zero-order valence-electron chi connectivity index (χ0n) is 17.5. The van der Waals surface area contributed by atoms with Crippen molar-refractivity contribution in [3.8, 4) is 0 Å². The Labute approximate surface area is 183 Å². The molecule has 0 aliphatic carbocycles. The van der Waals surface area contributed by atoms with Gasteiger partial charge in [0.1, 0.15) is 0 Å². The van der Waals surface area contributed by atoms with E-state index in [4.69, 9.17) is 9.47 Å². The van der Waals surface area contributed by atoms with Gasteiger partial charge in [-0.2, -0.15) is 0 Å². The molecule has 0 atom stereocenters. The Hall–Kier alpha value is -3.70. The summed E-state index contributed by atoms with van der Waals surface area (Å²) < 4.78 is 10.0. The minimum Gasteiger partial charge on any atom is -0.466 e. The van der Waals surface area contributed by atoms with E-state index >= 15 is 0 Å². The summed E-state index contributed by atoms with van der Waals surface area (Å²) in [5, 5.41) is 2.20. The predicted molar refractivity (Wildman–Crippen MR) is 125 cm³/mol. The fraction of sp³-hybridized carbons (Fsp3) is 0.0769. The lowest BCUT2D eigenvalue weighted by atomic mass is 10.2. The summed E-state index contributed by atoms with van der Waals surface area (Å²) in [5.41, 5.74) is 3.06. The van der Waals surface area contributed by atoms with Crippen LogP contribution in [0.15, 0.2) is 108 Å². The van der Waals surface area contributed by atoms with Crippen LogP contribution in [0.25, 0.3) is 6.08 Å². The van der Waals surface area contributed by atoms with E-state index in [9.17, 15) is 9.59 Å². The third-order valence-corrected chi connectivity index (χ3v) is 9.43. The van der Waals surface area contributed by atoms with Crippen molar-refractivity contribution >= 4 is 36.5 Å². The van der Waals surface area contributed by atoms with Gasteiger partial charge in [0.05, 0.1) is 14.2 Å². The van der Waals surface area contributed by atoms with E-state index in [1.165, 1.54) is 20.3 Å². The number of carbonyl (C=O) groups is 2. The summed E-state index contributed by atoms with van der Waals surface area (Å²) in [7, 11) is -0.501. The van der Waals surface area contributed by atoms with Crippen LogP contribution in [-0.2, 0) is 19.1 Å². The fourth-order valence-corrected chi connectivity index (χ4v) is 7.74. The maximum absolute atomic E-state index is 13.1. The molecule has 3 aromatic carbocycles. The van der Waals surface area contributed by atoms with Gasteiger partial charge in [0.25, 0.3) is 0 Å². The summed E-state index contributed by atoms with van der Waals surface area (Å²) in [5.74, 6) is -1.15. The van der Waals surface area contributed by atoms with Gasteiger partial charge in [-0.25, -0.2) is 9.59 Å². The highest BCUT2D eigenvalue weighted by Crippen LogP contribution is 2.21. The van der Waals surface area contributed by atoms with Gasteiger partial charge in [0.15, 0.2) is 8.07 Å². The molecule has 0 radical (unpaired) electrons. The van der Waals surface area contributed by atoms with E-state index in [1.807, 2.05) is 97.1 Å². The molecule has 4 nitrogen and oxygen atoms in total. The van der Waals surface area contributed by atoms with Crippen LogP contribution in [0.4, 0.5) is 0 Å². The van der Waals surface area contributed by atoms with E-state index in [2.05, 4.69) is 5.70 Å². The zero-order chi connectivity index (χ0) is 22.1. The van der Waals surface area contributed by atoms with Crippen molar-refractivity contribution in [1.82, 2.24) is 0 Å². The molecular formula is C26H24O4Si. The summed E-state index contributed by atoms with van der Waals surface area (Å²) in [4.78, 5) is 25.4. The molecule has 0 saturated heterocycles. The Morgan fingerprint density at radius 1 is 0.710 bits per heavy atom. The SMILES string of the molecule is COC(=O)C=C(C(=O)OC)[Si](C=Cc1ccccc1)(c1ccccc1)c1ccccc1. The third-order valence-electron chi connectivity index (χ3n) is 5.08. The number of hydrogen-bond donors (Lipinski definition) is 0. The molecule has 3 aromatic rings. The second-order valence-corrected chi connectivity index (χ2v) is 10.5. The van der Waals surface area contributed by atoms with Crippen LogP contribution in [0.1, 0.15) is 5.56 Å². The molecule has 0 aliphatic rings. The molecule has 31 heavy (non-hydrogen) atoms. The molecule has 0 saturated carbocycles. The molecule has 0 fully saturated rings. The van der Waals surface area contributed by atoms with Crippen LogP contribution >= 0.6 is 0 Å². The van der Waals surface area contributed by atoms with Gasteiger partial charge in [-0.1, -0.05) is 103 Å². The van der Waals surface area contributed by atoms with Crippen molar-refractivity contribution in [3.05, 3.63) is 114 Å². The number of hydrogen-bond acceptors (Lipinski definition) is 4. The minimum atomic E-state index is -3.12. The largest absolute Gasteiger partial charge is 0.466 e. The molecule has 0 amide bonds. The molecular weight excluding hydrogens is 404 g/mol. The van der Waals surface area contributed by atoms with Gasteiger partial charge in [0.2, 0.25) is 0 Å². The normalized spacial score (nSPS) is 11.9. The maximum Gasteiger partial charge on any atom is 0.331 e. The molecule has 0 spiro atoms. The van der Waals surface area contributed by atoms with Gasteiger partial charge in [-0.05, 0) is 15.9 Å². The first-order chi connectivity index (χ1) is 15.1. The van der Waals surface area contributed by atoms with Crippen LogP contribution in [-0.4, -0.2) is 34.2 Å². The Balaban J connectivity index is 2.39. The second-order valence-electron chi connectivity index (χ2n) is 6.86. The van der Waals surface area contributed by atoms with Gasteiger partial charge in [-0.3, -0.25) is 0 Å². The fourth-order valence-electron chi connectivity index (χ4n) is 3.57. The lowest BCUT2D eigenvalue weighted by Gasteiger charge is -2.31. The first-order valence-electron chi connectivity index (χ1n) is 9.85. The van der Waals surface area contributed by atoms with E-state index in [0.717, 1.165) is 15.9 Å². The molecule has 156 valence electrons. The average Bonchev–Trinajstić information content (AvgIpc) is 2.85. The van der Waals surface area contributed by atoms with Crippen LogP contribution < -0.4 is 10.4 Å². The summed E-state index contributed by atoms with van der Waals surface area (Å²) in [6.45, 7) is 0. The number of rotatable bonds is 7. The van der Waals surface area contributed by atoms with Crippen molar-refractivity contribution < 1.29 is 19.1 Å². The Morgan fingerprint density at radius 3 is 1.65 bits per heavy atom. The molecule has 0 heterocycles. The smallest absolute Gasteiger partial charge is 0.331 e. The predicted octanol–water partition coefficient (Wildman–Crippen LogP) is 3.31. The van der Waals surface area contributed by atoms with E-state index in [-0.39, 0.29) is 0 Å². The number of ether oxygens (including phenoxy) is 2. The minimum absolute atomic E-state index is 0.298. The number of carbonyl (C=O) groups excluding carboxylic acids is 2. The molecule has 0 N–H and O–H groups in total. The highest BCUT2D eigenvalue weighted by atomic mass is 28.3. The number of esters is 2. The molecule has 0 unspecified atom stereocenters. The highest BCUT2D eigenvalue weighted by Gasteiger charge is 2.43. The van der Waals surface area contributed by atoms with Gasteiger partial charge in [0, 0.05) is 11.3 Å². The third kappa shape index (κ3) is 4.90. The first-order valence-corrected chi connectivity index (χ1v) is 11.9. The van der Waals surface area contributed by atoms with Crippen LogP contribution in [0, 0.1) is 0 Å². The van der Waals surface area contributed by atoms with Gasteiger partial charge in [-0.15, -0.1) is 0 Å². The summed E-state index contributed by atoms with van der Waals surface area (Å²) in [6.07, 6.45) is 3.27. The molecule has 3 rings (SSSR count). The maximum atomic E-state index is 13.1. The Kier molecular flexibility index (Phi) is 7.35. The molecule has 0 aliphatic heterocycles. The van der Waals surface area contributed by atoms with Crippen molar-refractivity contribution in [3.63, 3.8) is 0 Å². The van der Waals surface area contributed by atoms with Crippen molar-refractivity contribution in [2.45, 2.75) is 0 Å². The van der Waals surface area contributed by atoms with Crippen LogP contribution in [0.2, 0.25) is 0 Å². The first kappa shape index (κ1) is 22.0. The van der Waals surface area contributed by atoms with Gasteiger partial charge < -0.3 is 9.47 Å². The van der Waals surface area contributed by atoms with Crippen LogP contribution in [0.3, 0.4) is 0 Å². The van der Waals surface area contributed by atoms with Gasteiger partial charge >= 0.3 is 11.9 Å². The van der Waals surface area contributed by atoms with E-state index in [1.54, 1.807) is 0 Å². The topological polar surface area (TPSA) is 52.6 Å². The summed E-state index contributed by atoms with van der Waals surface area (Å²) >= 11 is 0. The monoisotopic (exact) mass is 428 g/mol. The van der Waals surface area contributed by atoms with E-state index < -0.39 is 20.0 Å². The molecule has 5 heteroatoms. The molecule has 0 bridgehead atoms. The lowest BCUT2D eigenvalue weighted by Crippen LogP contribution is -2.60. The van der Waals surface area contributed by atoms with Crippen molar-refractivity contribution in [1.29, 1.82) is 0 Å². The highest BCUT2D eigenvalue weighted by molar-refractivity contribution is 7.13. The Morgan fingerprint density at radius 2 is 1.19 bits per heavy atom. The Bertz CT molecular complexity index is 1030. The summed E-state index contributed by atoms with van der Waals surface area (Å²) in [6, 6.07) is 29.4. The van der Waals surface area contributed by atoms with Crippen molar-refractivity contribution in [2.24, 2.45) is 0 Å².